The zero-order valence-electron chi connectivity index (χ0n) is 21.4. The second-order valence-electron chi connectivity index (χ2n) is 10.4. The zero-order chi connectivity index (χ0) is 21.4. The third-order valence-corrected chi connectivity index (χ3v) is 6.99. The van der Waals surface area contributed by atoms with Gasteiger partial charge in [-0.1, -0.05) is 175 Å². The summed E-state index contributed by atoms with van der Waals surface area (Å²) >= 11 is 0. The van der Waals surface area contributed by atoms with Gasteiger partial charge in [0.15, 0.2) is 0 Å². The van der Waals surface area contributed by atoms with E-state index >= 15 is 0 Å². The molecule has 0 aromatic heterocycles. The Kier molecular flexibility index (Phi) is 24.3. The smallest absolute Gasteiger partial charge is 0.0443 e. The van der Waals surface area contributed by atoms with E-state index < -0.39 is 0 Å². The van der Waals surface area contributed by atoms with Crippen molar-refractivity contribution in [2.45, 2.75) is 175 Å². The Labute approximate surface area is 187 Å². The van der Waals surface area contributed by atoms with Gasteiger partial charge < -0.3 is 0 Å². The van der Waals surface area contributed by atoms with Gasteiger partial charge in [0.2, 0.25) is 0 Å². The molecule has 0 rings (SSSR count). The van der Waals surface area contributed by atoms with Crippen molar-refractivity contribution >= 4 is 0 Å². The molecule has 29 heavy (non-hydrogen) atoms. The van der Waals surface area contributed by atoms with E-state index in [0.717, 1.165) is 11.8 Å². The minimum Gasteiger partial charge on any atom is -0.0654 e. The molecule has 0 N–H and O–H groups in total. The van der Waals surface area contributed by atoms with Crippen LogP contribution in [0.4, 0.5) is 0 Å². The minimum atomic E-state index is 0.966. The molecule has 2 unspecified atom stereocenters. The predicted molar refractivity (Wildman–Crippen MR) is 136 cm³/mol. The molecule has 0 amide bonds. The minimum absolute atomic E-state index is 0.966. The first-order chi connectivity index (χ1) is 14.2. The summed E-state index contributed by atoms with van der Waals surface area (Å²) in [5.74, 6) is 1.93. The Morgan fingerprint density at radius 1 is 0.310 bits per heavy atom. The highest BCUT2D eigenvalue weighted by atomic mass is 14.1. The molecule has 0 heteroatoms. The van der Waals surface area contributed by atoms with Crippen LogP contribution in [-0.2, 0) is 0 Å². The molecule has 176 valence electrons. The lowest BCUT2D eigenvalue weighted by Gasteiger charge is -2.11. The van der Waals surface area contributed by atoms with Crippen LogP contribution in [0.25, 0.3) is 0 Å². The molecule has 0 aromatic carbocycles. The second kappa shape index (κ2) is 24.3. The first kappa shape index (κ1) is 29.0. The van der Waals surface area contributed by atoms with Gasteiger partial charge in [0.25, 0.3) is 0 Å². The van der Waals surface area contributed by atoms with Crippen LogP contribution in [0.5, 0.6) is 0 Å². The van der Waals surface area contributed by atoms with Crippen molar-refractivity contribution in [2.75, 3.05) is 0 Å². The van der Waals surface area contributed by atoms with Crippen molar-refractivity contribution in [3.63, 3.8) is 0 Å². The summed E-state index contributed by atoms with van der Waals surface area (Å²) in [5.41, 5.74) is 0. The Bertz CT molecular complexity index is 282. The maximum atomic E-state index is 2.49. The van der Waals surface area contributed by atoms with Crippen LogP contribution in [-0.4, -0.2) is 0 Å². The first-order valence-corrected chi connectivity index (χ1v) is 14.2. The molecule has 0 fully saturated rings. The van der Waals surface area contributed by atoms with E-state index in [1.807, 2.05) is 0 Å². The molecule has 0 heterocycles. The number of rotatable bonds is 24. The topological polar surface area (TPSA) is 0 Å². The van der Waals surface area contributed by atoms with E-state index in [0.29, 0.717) is 0 Å². The van der Waals surface area contributed by atoms with E-state index in [2.05, 4.69) is 27.7 Å². The molecule has 0 aliphatic heterocycles. The molecule has 0 aliphatic carbocycles. The number of hydrogen-bond donors (Lipinski definition) is 0. The summed E-state index contributed by atoms with van der Waals surface area (Å²) in [6.45, 7) is 9.56. The monoisotopic (exact) mass is 408 g/mol. The molecule has 0 bridgehead atoms. The van der Waals surface area contributed by atoms with Gasteiger partial charge in [-0.05, 0) is 11.8 Å². The first-order valence-electron chi connectivity index (χ1n) is 14.2. The quantitative estimate of drug-likeness (QED) is 0.139. The van der Waals surface area contributed by atoms with Crippen molar-refractivity contribution in [2.24, 2.45) is 11.8 Å². The Morgan fingerprint density at radius 2 is 0.552 bits per heavy atom. The lowest BCUT2D eigenvalue weighted by atomic mass is 9.95. The SMILES string of the molecule is CCCCCCCCCCC(C)CCCCCCCCCCCC(C)CCCC. The van der Waals surface area contributed by atoms with Crippen LogP contribution in [0.15, 0.2) is 0 Å². The summed E-state index contributed by atoms with van der Waals surface area (Å²) in [6, 6.07) is 0. The van der Waals surface area contributed by atoms with E-state index in [9.17, 15) is 0 Å². The molecule has 0 nitrogen and oxygen atoms in total. The largest absolute Gasteiger partial charge is 0.0654 e. The maximum Gasteiger partial charge on any atom is -0.0443 e. The van der Waals surface area contributed by atoms with Crippen LogP contribution in [0.3, 0.4) is 0 Å². The Morgan fingerprint density at radius 3 is 0.862 bits per heavy atom. The summed E-state index contributed by atoms with van der Waals surface area (Å²) in [7, 11) is 0. The standard InChI is InChI=1S/C29H60/c1-5-7-9-10-11-15-18-22-26-29(4)27-23-20-17-14-12-13-16-19-21-25-28(3)24-8-6-2/h28-29H,5-27H2,1-4H3. The van der Waals surface area contributed by atoms with Crippen LogP contribution in [0, 0.1) is 11.8 Å². The van der Waals surface area contributed by atoms with Crippen molar-refractivity contribution in [3.05, 3.63) is 0 Å². The van der Waals surface area contributed by atoms with Crippen LogP contribution < -0.4 is 0 Å². The third-order valence-electron chi connectivity index (χ3n) is 6.99. The fourth-order valence-corrected chi connectivity index (χ4v) is 4.69. The normalized spacial score (nSPS) is 13.7. The average Bonchev–Trinajstić information content (AvgIpc) is 2.72. The molecule has 0 radical (unpaired) electrons. The lowest BCUT2D eigenvalue weighted by molar-refractivity contribution is 0.428. The van der Waals surface area contributed by atoms with E-state index in [1.54, 1.807) is 0 Å². The van der Waals surface area contributed by atoms with Gasteiger partial charge in [-0.15, -0.1) is 0 Å². The number of hydrogen-bond acceptors (Lipinski definition) is 0. The van der Waals surface area contributed by atoms with Crippen molar-refractivity contribution in [1.29, 1.82) is 0 Å². The molecular weight excluding hydrogens is 348 g/mol. The van der Waals surface area contributed by atoms with Crippen LogP contribution >= 0.6 is 0 Å². The summed E-state index contributed by atoms with van der Waals surface area (Å²) in [6.07, 6.45) is 33.7. The van der Waals surface area contributed by atoms with Crippen molar-refractivity contribution < 1.29 is 0 Å². The number of unbranched alkanes of at least 4 members (excludes halogenated alkanes) is 16. The van der Waals surface area contributed by atoms with E-state index in [1.165, 1.54) is 148 Å². The Balaban J connectivity index is 3.18. The van der Waals surface area contributed by atoms with Crippen molar-refractivity contribution in [3.8, 4) is 0 Å². The maximum absolute atomic E-state index is 2.49. The van der Waals surface area contributed by atoms with Gasteiger partial charge in [-0.3, -0.25) is 0 Å². The molecule has 0 saturated heterocycles. The lowest BCUT2D eigenvalue weighted by Crippen LogP contribution is -1.95. The molecule has 0 saturated carbocycles. The third kappa shape index (κ3) is 24.1. The molecule has 0 aliphatic rings. The molecule has 0 aromatic rings. The molecule has 0 spiro atoms. The van der Waals surface area contributed by atoms with E-state index in [4.69, 9.17) is 0 Å². The van der Waals surface area contributed by atoms with Crippen LogP contribution in [0.1, 0.15) is 175 Å². The van der Waals surface area contributed by atoms with Gasteiger partial charge in [-0.2, -0.15) is 0 Å². The van der Waals surface area contributed by atoms with Crippen molar-refractivity contribution in [1.82, 2.24) is 0 Å². The highest BCUT2D eigenvalue weighted by Crippen LogP contribution is 2.20. The highest BCUT2D eigenvalue weighted by Gasteiger charge is 2.03. The van der Waals surface area contributed by atoms with E-state index in [-0.39, 0.29) is 0 Å². The van der Waals surface area contributed by atoms with Gasteiger partial charge >= 0.3 is 0 Å². The van der Waals surface area contributed by atoms with Gasteiger partial charge in [-0.25, -0.2) is 0 Å². The summed E-state index contributed by atoms with van der Waals surface area (Å²) in [4.78, 5) is 0. The summed E-state index contributed by atoms with van der Waals surface area (Å²) in [5, 5.41) is 0. The zero-order valence-corrected chi connectivity index (χ0v) is 21.4. The van der Waals surface area contributed by atoms with Gasteiger partial charge in [0, 0.05) is 0 Å². The average molecular weight is 409 g/mol. The van der Waals surface area contributed by atoms with Gasteiger partial charge in [0.05, 0.1) is 0 Å². The Hall–Kier alpha value is 0. The molecule has 2 atom stereocenters. The predicted octanol–water partition coefficient (Wildman–Crippen LogP) is 11.3. The fourth-order valence-electron chi connectivity index (χ4n) is 4.69. The van der Waals surface area contributed by atoms with Crippen LogP contribution in [0.2, 0.25) is 0 Å². The molecular formula is C29H60. The second-order valence-corrected chi connectivity index (χ2v) is 10.4. The highest BCUT2D eigenvalue weighted by molar-refractivity contribution is 4.57. The van der Waals surface area contributed by atoms with Gasteiger partial charge in [0.1, 0.15) is 0 Å². The fraction of sp³-hybridized carbons (Fsp3) is 1.00. The summed E-state index contributed by atoms with van der Waals surface area (Å²) < 4.78 is 0.